The normalized spacial score (nSPS) is 18.9. The molecule has 1 aliphatic heterocycles. The van der Waals surface area contributed by atoms with Crippen LogP contribution in [0.1, 0.15) is 40.1 Å². The van der Waals surface area contributed by atoms with Gasteiger partial charge in [0.2, 0.25) is 11.6 Å². The van der Waals surface area contributed by atoms with Crippen molar-refractivity contribution in [3.05, 3.63) is 28.9 Å². The zero-order valence-corrected chi connectivity index (χ0v) is 8.41. The number of aromatic nitrogens is 2. The first-order chi connectivity index (χ1) is 7.18. The van der Waals surface area contributed by atoms with Crippen molar-refractivity contribution < 1.29 is 9.59 Å². The molecule has 15 heavy (non-hydrogen) atoms. The Labute approximate surface area is 86.6 Å². The van der Waals surface area contributed by atoms with Crippen LogP contribution in [0.25, 0.3) is 0 Å². The van der Waals surface area contributed by atoms with E-state index in [9.17, 15) is 9.59 Å². The quantitative estimate of drug-likeness (QED) is 0.634. The minimum Gasteiger partial charge on any atom is -0.325 e. The van der Waals surface area contributed by atoms with Crippen LogP contribution < -0.4 is 0 Å². The zero-order valence-electron chi connectivity index (χ0n) is 8.41. The van der Waals surface area contributed by atoms with Crippen molar-refractivity contribution in [3.63, 3.8) is 0 Å². The van der Waals surface area contributed by atoms with Crippen LogP contribution in [0, 0.1) is 0 Å². The summed E-state index contributed by atoms with van der Waals surface area (Å²) in [4.78, 5) is 27.8. The second-order valence-electron chi connectivity index (χ2n) is 4.00. The van der Waals surface area contributed by atoms with Crippen LogP contribution in [0.15, 0.2) is 11.6 Å². The Kier molecular flexibility index (Phi) is 1.52. The minimum atomic E-state index is -0.135. The summed E-state index contributed by atoms with van der Waals surface area (Å²) >= 11 is 0. The molecule has 0 saturated heterocycles. The fourth-order valence-electron chi connectivity index (χ4n) is 2.25. The van der Waals surface area contributed by atoms with Gasteiger partial charge in [-0.15, -0.1) is 0 Å². The Morgan fingerprint density at radius 2 is 2.20 bits per heavy atom. The predicted octanol–water partition coefficient (Wildman–Crippen LogP) is 1.15. The summed E-state index contributed by atoms with van der Waals surface area (Å²) in [6, 6.07) is 0. The molecular weight excluding hydrogens is 192 g/mol. The summed E-state index contributed by atoms with van der Waals surface area (Å²) in [5, 5.41) is 0. The van der Waals surface area contributed by atoms with Crippen molar-refractivity contribution in [1.29, 1.82) is 0 Å². The molecule has 2 aliphatic rings. The van der Waals surface area contributed by atoms with Gasteiger partial charge in [-0.3, -0.25) is 9.59 Å². The van der Waals surface area contributed by atoms with Crippen molar-refractivity contribution >= 4 is 11.6 Å². The third-order valence-electron chi connectivity index (χ3n) is 2.98. The summed E-state index contributed by atoms with van der Waals surface area (Å²) in [7, 11) is 0. The largest absolute Gasteiger partial charge is 0.325 e. The van der Waals surface area contributed by atoms with Gasteiger partial charge in [0.05, 0.1) is 0 Å². The van der Waals surface area contributed by atoms with Gasteiger partial charge in [0.1, 0.15) is 17.2 Å². The van der Waals surface area contributed by atoms with Crippen LogP contribution in [0.4, 0.5) is 0 Å². The molecule has 1 aromatic heterocycles. The van der Waals surface area contributed by atoms with Gasteiger partial charge < -0.3 is 4.57 Å². The number of carbonyl (C=O) groups is 2. The molecule has 0 unspecified atom stereocenters. The molecule has 0 aromatic carbocycles. The lowest BCUT2D eigenvalue weighted by Gasteiger charge is -2.09. The molecule has 3 rings (SSSR count). The van der Waals surface area contributed by atoms with E-state index in [2.05, 4.69) is 4.98 Å². The number of fused-ring (bicyclic) bond motifs is 3. The van der Waals surface area contributed by atoms with E-state index in [0.717, 1.165) is 25.2 Å². The number of rotatable bonds is 0. The van der Waals surface area contributed by atoms with Crippen LogP contribution in [-0.2, 0) is 13.0 Å². The maximum atomic E-state index is 11.9. The molecule has 1 aliphatic carbocycles. The van der Waals surface area contributed by atoms with Crippen LogP contribution in [0.2, 0.25) is 0 Å². The molecule has 0 fully saturated rings. The number of Topliss-reactive ketones (excluding diaryl/α,β-unsaturated/α-hetero) is 1. The van der Waals surface area contributed by atoms with Gasteiger partial charge in [0.15, 0.2) is 0 Å². The fourth-order valence-corrected chi connectivity index (χ4v) is 2.25. The lowest BCUT2D eigenvalue weighted by atomic mass is 9.99. The van der Waals surface area contributed by atoms with Crippen molar-refractivity contribution in [1.82, 2.24) is 9.55 Å². The number of nitrogens with zero attached hydrogens (tertiary/aromatic N) is 2. The molecule has 76 valence electrons. The molecule has 0 radical (unpaired) electrons. The summed E-state index contributed by atoms with van der Waals surface area (Å²) < 4.78 is 1.89. The maximum Gasteiger partial charge on any atom is 0.207 e. The number of hydrogen-bond acceptors (Lipinski definition) is 3. The van der Waals surface area contributed by atoms with Crippen LogP contribution in [0.3, 0.4) is 0 Å². The molecule has 1 aromatic rings. The Morgan fingerprint density at radius 1 is 1.40 bits per heavy atom. The molecule has 0 amide bonds. The van der Waals surface area contributed by atoms with Crippen LogP contribution >= 0.6 is 0 Å². The number of aryl methyl sites for hydroxylation is 1. The van der Waals surface area contributed by atoms with Crippen LogP contribution in [-0.4, -0.2) is 21.1 Å². The van der Waals surface area contributed by atoms with Gasteiger partial charge in [0.25, 0.3) is 0 Å². The standard InChI is InChI=1S/C11H10N2O2/c1-6-5-7(14)9-10(11(6)15)13-4-2-3-8(13)12-9/h5H,2-4H2,1H3. The number of hydrogen-bond donors (Lipinski definition) is 0. The Bertz CT molecular complexity index is 523. The second kappa shape index (κ2) is 2.66. The van der Waals surface area contributed by atoms with Crippen LogP contribution in [0.5, 0.6) is 0 Å². The molecule has 4 nitrogen and oxygen atoms in total. The molecule has 2 heterocycles. The Hall–Kier alpha value is -1.71. The highest BCUT2D eigenvalue weighted by Gasteiger charge is 2.32. The molecule has 0 N–H and O–H groups in total. The van der Waals surface area contributed by atoms with Crippen molar-refractivity contribution in [2.45, 2.75) is 26.3 Å². The lowest BCUT2D eigenvalue weighted by Crippen LogP contribution is -2.18. The van der Waals surface area contributed by atoms with Gasteiger partial charge in [-0.25, -0.2) is 4.98 Å². The highest BCUT2D eigenvalue weighted by molar-refractivity contribution is 6.22. The maximum absolute atomic E-state index is 11.9. The van der Waals surface area contributed by atoms with E-state index in [1.807, 2.05) is 4.57 Å². The first-order valence-corrected chi connectivity index (χ1v) is 5.05. The van der Waals surface area contributed by atoms with Crippen molar-refractivity contribution in [3.8, 4) is 0 Å². The number of carbonyl (C=O) groups excluding carboxylic acids is 2. The molecule has 0 atom stereocenters. The van der Waals surface area contributed by atoms with Crippen molar-refractivity contribution in [2.75, 3.05) is 0 Å². The minimum absolute atomic E-state index is 0.0507. The van der Waals surface area contributed by atoms with Gasteiger partial charge in [-0.2, -0.15) is 0 Å². The molecular formula is C11H10N2O2. The van der Waals surface area contributed by atoms with E-state index in [1.165, 1.54) is 6.08 Å². The van der Waals surface area contributed by atoms with E-state index in [1.54, 1.807) is 6.92 Å². The average molecular weight is 202 g/mol. The van der Waals surface area contributed by atoms with E-state index in [-0.39, 0.29) is 11.6 Å². The zero-order chi connectivity index (χ0) is 10.6. The monoisotopic (exact) mass is 202 g/mol. The Morgan fingerprint density at radius 3 is 3.00 bits per heavy atom. The van der Waals surface area contributed by atoms with E-state index in [4.69, 9.17) is 0 Å². The third kappa shape index (κ3) is 0.988. The van der Waals surface area contributed by atoms with E-state index < -0.39 is 0 Å². The average Bonchev–Trinajstić information content (AvgIpc) is 2.72. The molecule has 0 spiro atoms. The Balaban J connectivity index is 2.29. The topological polar surface area (TPSA) is 52.0 Å². The second-order valence-corrected chi connectivity index (χ2v) is 4.00. The van der Waals surface area contributed by atoms with Gasteiger partial charge in [0, 0.05) is 18.5 Å². The molecule has 4 heteroatoms. The SMILES string of the molecule is CC1=CC(=O)c2nc3n(c2C1=O)CCC3. The predicted molar refractivity (Wildman–Crippen MR) is 53.0 cm³/mol. The number of ketones is 2. The van der Waals surface area contributed by atoms with Crippen molar-refractivity contribution in [2.24, 2.45) is 0 Å². The lowest BCUT2D eigenvalue weighted by molar-refractivity contribution is 0.0976. The third-order valence-corrected chi connectivity index (χ3v) is 2.98. The fraction of sp³-hybridized carbons (Fsp3) is 0.364. The van der Waals surface area contributed by atoms with E-state index in [0.29, 0.717) is 17.0 Å². The van der Waals surface area contributed by atoms with Gasteiger partial charge in [-0.1, -0.05) is 0 Å². The highest BCUT2D eigenvalue weighted by atomic mass is 16.1. The highest BCUT2D eigenvalue weighted by Crippen LogP contribution is 2.26. The summed E-state index contributed by atoms with van der Waals surface area (Å²) in [5.74, 6) is 0.694. The first-order valence-electron chi connectivity index (χ1n) is 5.05. The smallest absolute Gasteiger partial charge is 0.207 e. The molecule has 0 bridgehead atoms. The summed E-state index contributed by atoms with van der Waals surface area (Å²) in [6.07, 6.45) is 3.26. The summed E-state index contributed by atoms with van der Waals surface area (Å²) in [5.41, 5.74) is 1.37. The van der Waals surface area contributed by atoms with Gasteiger partial charge >= 0.3 is 0 Å². The van der Waals surface area contributed by atoms with Gasteiger partial charge in [-0.05, 0) is 19.4 Å². The first kappa shape index (κ1) is 8.59. The van der Waals surface area contributed by atoms with E-state index >= 15 is 0 Å². The molecule has 0 saturated carbocycles. The number of imidazole rings is 1. The number of allylic oxidation sites excluding steroid dienone is 2. The summed E-state index contributed by atoms with van der Waals surface area (Å²) in [6.45, 7) is 2.49.